The molecule has 2 aliphatic heterocycles. The first-order chi connectivity index (χ1) is 6.70. The molecule has 14 heavy (non-hydrogen) atoms. The van der Waals surface area contributed by atoms with Gasteiger partial charge in [0.25, 0.3) is 0 Å². The molecule has 0 aromatic carbocycles. The third-order valence-corrected chi connectivity index (χ3v) is 3.62. The minimum atomic E-state index is -0.147. The van der Waals surface area contributed by atoms with Crippen LogP contribution >= 0.6 is 11.8 Å². The fourth-order valence-electron chi connectivity index (χ4n) is 1.71. The molecule has 0 radical (unpaired) electrons. The molecule has 5 heteroatoms. The summed E-state index contributed by atoms with van der Waals surface area (Å²) in [7, 11) is 0. The van der Waals surface area contributed by atoms with Gasteiger partial charge < -0.3 is 10.1 Å². The Balaban J connectivity index is 1.86. The molecule has 4 nitrogen and oxygen atoms in total. The highest BCUT2D eigenvalue weighted by molar-refractivity contribution is 7.99. The molecule has 2 atom stereocenters. The van der Waals surface area contributed by atoms with Crippen molar-refractivity contribution in [2.45, 2.75) is 24.9 Å². The summed E-state index contributed by atoms with van der Waals surface area (Å²) in [5.74, 6) is 1.87. The molecule has 0 aromatic heterocycles. The molecule has 0 aromatic rings. The van der Waals surface area contributed by atoms with Crippen LogP contribution in [-0.2, 0) is 9.53 Å². The van der Waals surface area contributed by atoms with Gasteiger partial charge in [0.05, 0.1) is 18.2 Å². The van der Waals surface area contributed by atoms with E-state index in [9.17, 15) is 4.79 Å². The van der Waals surface area contributed by atoms with Crippen LogP contribution in [0.1, 0.15) is 13.3 Å². The summed E-state index contributed by atoms with van der Waals surface area (Å²) in [4.78, 5) is 11.8. The Kier molecular flexibility index (Phi) is 2.99. The smallest absolute Gasteiger partial charge is 0.238 e. The highest BCUT2D eigenvalue weighted by atomic mass is 32.2. The van der Waals surface area contributed by atoms with Crippen molar-refractivity contribution in [3.8, 4) is 0 Å². The van der Waals surface area contributed by atoms with E-state index >= 15 is 0 Å². The molecular formula is C9H16N2O2S. The second-order valence-electron chi connectivity index (χ2n) is 4.12. The lowest BCUT2D eigenvalue weighted by Gasteiger charge is -2.25. The van der Waals surface area contributed by atoms with E-state index in [1.807, 2.05) is 6.92 Å². The maximum atomic E-state index is 11.8. The van der Waals surface area contributed by atoms with Crippen molar-refractivity contribution in [2.24, 2.45) is 0 Å². The zero-order valence-corrected chi connectivity index (χ0v) is 9.15. The molecule has 2 unspecified atom stereocenters. The summed E-state index contributed by atoms with van der Waals surface area (Å²) in [5, 5.41) is 6.22. The van der Waals surface area contributed by atoms with Crippen LogP contribution in [-0.4, -0.2) is 42.3 Å². The lowest BCUT2D eigenvalue weighted by Crippen LogP contribution is -2.53. The van der Waals surface area contributed by atoms with Crippen LogP contribution < -0.4 is 10.6 Å². The number of hydrogen-bond donors (Lipinski definition) is 2. The Bertz CT molecular complexity index is 223. The van der Waals surface area contributed by atoms with Gasteiger partial charge in [-0.2, -0.15) is 0 Å². The second kappa shape index (κ2) is 4.08. The fourth-order valence-corrected chi connectivity index (χ4v) is 2.66. The molecule has 2 fully saturated rings. The van der Waals surface area contributed by atoms with Gasteiger partial charge in [0.15, 0.2) is 0 Å². The van der Waals surface area contributed by atoms with E-state index in [1.54, 1.807) is 11.8 Å². The van der Waals surface area contributed by atoms with Crippen molar-refractivity contribution in [1.29, 1.82) is 0 Å². The third-order valence-electron chi connectivity index (χ3n) is 2.68. The maximum absolute atomic E-state index is 11.8. The van der Waals surface area contributed by atoms with Crippen molar-refractivity contribution in [1.82, 2.24) is 10.6 Å². The summed E-state index contributed by atoms with van der Waals surface area (Å²) >= 11 is 1.76. The molecule has 0 aliphatic carbocycles. The number of nitrogens with one attached hydrogen (secondary N) is 2. The summed E-state index contributed by atoms with van der Waals surface area (Å²) in [5.41, 5.74) is -0.147. The summed E-state index contributed by atoms with van der Waals surface area (Å²) < 4.78 is 5.28. The Morgan fingerprint density at radius 1 is 1.71 bits per heavy atom. The number of thioether (sulfide) groups is 1. The van der Waals surface area contributed by atoms with E-state index in [-0.39, 0.29) is 17.5 Å². The second-order valence-corrected chi connectivity index (χ2v) is 5.15. The van der Waals surface area contributed by atoms with Gasteiger partial charge in [0.2, 0.25) is 5.91 Å². The van der Waals surface area contributed by atoms with Gasteiger partial charge in [-0.25, -0.2) is 0 Å². The van der Waals surface area contributed by atoms with E-state index in [4.69, 9.17) is 4.74 Å². The van der Waals surface area contributed by atoms with Crippen molar-refractivity contribution in [2.75, 3.05) is 24.8 Å². The molecule has 2 aliphatic rings. The van der Waals surface area contributed by atoms with E-state index < -0.39 is 0 Å². The largest absolute Gasteiger partial charge is 0.379 e. The van der Waals surface area contributed by atoms with Gasteiger partial charge >= 0.3 is 0 Å². The summed E-state index contributed by atoms with van der Waals surface area (Å²) in [6.07, 6.45) is 0.915. The minimum absolute atomic E-state index is 0.0163. The third kappa shape index (κ3) is 2.21. The minimum Gasteiger partial charge on any atom is -0.379 e. The molecule has 0 spiro atoms. The molecule has 2 rings (SSSR count). The molecule has 0 bridgehead atoms. The Morgan fingerprint density at radius 3 is 3.14 bits per heavy atom. The van der Waals surface area contributed by atoms with Crippen LogP contribution in [0, 0.1) is 0 Å². The van der Waals surface area contributed by atoms with Gasteiger partial charge in [-0.05, 0) is 13.3 Å². The first-order valence-electron chi connectivity index (χ1n) is 4.91. The van der Waals surface area contributed by atoms with Crippen molar-refractivity contribution in [3.63, 3.8) is 0 Å². The number of rotatable bonds is 2. The van der Waals surface area contributed by atoms with Gasteiger partial charge in [0.1, 0.15) is 0 Å². The van der Waals surface area contributed by atoms with E-state index in [2.05, 4.69) is 10.6 Å². The standard InChI is InChI=1S/C9H16N2O2S/c1-9(2-3-13-5-9)11-8(12)7-4-14-6-10-7/h7,10H,2-6H2,1H3,(H,11,12). The maximum Gasteiger partial charge on any atom is 0.238 e. The average molecular weight is 216 g/mol. The lowest BCUT2D eigenvalue weighted by atomic mass is 10.0. The van der Waals surface area contributed by atoms with Crippen LogP contribution in [0.2, 0.25) is 0 Å². The van der Waals surface area contributed by atoms with Crippen molar-refractivity contribution < 1.29 is 9.53 Å². The van der Waals surface area contributed by atoms with Gasteiger partial charge in [-0.3, -0.25) is 10.1 Å². The lowest BCUT2D eigenvalue weighted by molar-refractivity contribution is -0.124. The normalized spacial score (nSPS) is 37.4. The molecule has 0 saturated carbocycles. The zero-order chi connectivity index (χ0) is 10.0. The van der Waals surface area contributed by atoms with E-state index in [1.165, 1.54) is 0 Å². The van der Waals surface area contributed by atoms with Crippen LogP contribution in [0.15, 0.2) is 0 Å². The van der Waals surface area contributed by atoms with E-state index in [0.717, 1.165) is 24.7 Å². The Morgan fingerprint density at radius 2 is 2.57 bits per heavy atom. The number of ether oxygens (including phenoxy) is 1. The van der Waals surface area contributed by atoms with Crippen LogP contribution in [0.4, 0.5) is 0 Å². The zero-order valence-electron chi connectivity index (χ0n) is 8.34. The topological polar surface area (TPSA) is 50.4 Å². The molecule has 80 valence electrons. The predicted molar refractivity (Wildman–Crippen MR) is 56.2 cm³/mol. The molecule has 1 amide bonds. The molecule has 2 N–H and O–H groups in total. The van der Waals surface area contributed by atoms with Crippen LogP contribution in [0.5, 0.6) is 0 Å². The highest BCUT2D eigenvalue weighted by Gasteiger charge is 2.34. The number of amides is 1. The van der Waals surface area contributed by atoms with Crippen molar-refractivity contribution in [3.05, 3.63) is 0 Å². The first-order valence-corrected chi connectivity index (χ1v) is 6.06. The first kappa shape index (κ1) is 10.3. The summed E-state index contributed by atoms with van der Waals surface area (Å²) in [6.45, 7) is 3.43. The van der Waals surface area contributed by atoms with Crippen LogP contribution in [0.3, 0.4) is 0 Å². The highest BCUT2D eigenvalue weighted by Crippen LogP contribution is 2.18. The summed E-state index contributed by atoms with van der Waals surface area (Å²) in [6, 6.07) is -0.0163. The van der Waals surface area contributed by atoms with Crippen molar-refractivity contribution >= 4 is 17.7 Å². The monoisotopic (exact) mass is 216 g/mol. The molecule has 2 heterocycles. The van der Waals surface area contributed by atoms with Gasteiger partial charge in [-0.15, -0.1) is 11.8 Å². The number of carbonyl (C=O) groups is 1. The molecule has 2 saturated heterocycles. The fraction of sp³-hybridized carbons (Fsp3) is 0.889. The SMILES string of the molecule is CC1(NC(=O)C2CSCN2)CCOC1. The van der Waals surface area contributed by atoms with Crippen LogP contribution in [0.25, 0.3) is 0 Å². The average Bonchev–Trinajstić information content (AvgIpc) is 2.74. The molecular weight excluding hydrogens is 200 g/mol. The van der Waals surface area contributed by atoms with Gasteiger partial charge in [-0.1, -0.05) is 0 Å². The predicted octanol–water partition coefficient (Wildman–Crippen LogP) is -0.0559. The van der Waals surface area contributed by atoms with Gasteiger partial charge in [0, 0.05) is 18.2 Å². The Hall–Kier alpha value is -0.260. The Labute approximate surface area is 88.1 Å². The van der Waals surface area contributed by atoms with E-state index in [0.29, 0.717) is 6.61 Å². The quantitative estimate of drug-likeness (QED) is 0.679. The number of hydrogen-bond acceptors (Lipinski definition) is 4. The number of carbonyl (C=O) groups excluding carboxylic acids is 1.